The van der Waals surface area contributed by atoms with Gasteiger partial charge < -0.3 is 20.3 Å². The SMILES string of the molecule is O=C(NC1CCOC1)N1CCNCC1. The van der Waals surface area contributed by atoms with Crippen LogP contribution in [0.4, 0.5) is 4.79 Å². The number of hydrogen-bond donors (Lipinski definition) is 2. The largest absolute Gasteiger partial charge is 0.379 e. The minimum atomic E-state index is 0.0574. The molecular weight excluding hydrogens is 182 g/mol. The Labute approximate surface area is 83.8 Å². The molecule has 5 heteroatoms. The summed E-state index contributed by atoms with van der Waals surface area (Å²) >= 11 is 0. The molecule has 0 aromatic rings. The van der Waals surface area contributed by atoms with Gasteiger partial charge in [-0.15, -0.1) is 0 Å². The third-order valence-electron chi connectivity index (χ3n) is 2.66. The van der Waals surface area contributed by atoms with Gasteiger partial charge in [-0.05, 0) is 6.42 Å². The predicted octanol–water partition coefficient (Wildman–Crippen LogP) is -0.610. The van der Waals surface area contributed by atoms with Crippen LogP contribution in [-0.2, 0) is 4.74 Å². The summed E-state index contributed by atoms with van der Waals surface area (Å²) in [7, 11) is 0. The van der Waals surface area contributed by atoms with E-state index in [0.29, 0.717) is 6.61 Å². The van der Waals surface area contributed by atoms with Gasteiger partial charge in [0.1, 0.15) is 0 Å². The third kappa shape index (κ3) is 2.36. The molecule has 0 aromatic heterocycles. The fourth-order valence-electron chi connectivity index (χ4n) is 1.78. The minimum absolute atomic E-state index is 0.0574. The molecule has 1 atom stereocenters. The molecule has 0 aliphatic carbocycles. The highest BCUT2D eigenvalue weighted by Crippen LogP contribution is 2.04. The maximum atomic E-state index is 11.7. The number of nitrogens with one attached hydrogen (secondary N) is 2. The van der Waals surface area contributed by atoms with Crippen LogP contribution in [0.2, 0.25) is 0 Å². The summed E-state index contributed by atoms with van der Waals surface area (Å²) < 4.78 is 5.20. The number of hydrogen-bond acceptors (Lipinski definition) is 3. The van der Waals surface area contributed by atoms with Gasteiger partial charge in [0.05, 0.1) is 12.6 Å². The number of amides is 2. The second-order valence-electron chi connectivity index (χ2n) is 3.75. The van der Waals surface area contributed by atoms with Crippen LogP contribution >= 0.6 is 0 Å². The summed E-state index contributed by atoms with van der Waals surface area (Å²) in [5.74, 6) is 0. The molecule has 14 heavy (non-hydrogen) atoms. The Morgan fingerprint density at radius 3 is 2.86 bits per heavy atom. The average molecular weight is 199 g/mol. The molecule has 2 amide bonds. The van der Waals surface area contributed by atoms with E-state index in [1.807, 2.05) is 4.90 Å². The molecule has 2 aliphatic heterocycles. The number of nitrogens with zero attached hydrogens (tertiary/aromatic N) is 1. The first-order valence-corrected chi connectivity index (χ1v) is 5.20. The first-order valence-electron chi connectivity index (χ1n) is 5.20. The number of ether oxygens (including phenoxy) is 1. The third-order valence-corrected chi connectivity index (χ3v) is 2.66. The molecule has 2 rings (SSSR count). The van der Waals surface area contributed by atoms with E-state index < -0.39 is 0 Å². The zero-order valence-corrected chi connectivity index (χ0v) is 8.29. The maximum absolute atomic E-state index is 11.7. The maximum Gasteiger partial charge on any atom is 0.317 e. The van der Waals surface area contributed by atoms with Crippen molar-refractivity contribution in [3.8, 4) is 0 Å². The van der Waals surface area contributed by atoms with Gasteiger partial charge in [-0.1, -0.05) is 0 Å². The highest BCUT2D eigenvalue weighted by atomic mass is 16.5. The van der Waals surface area contributed by atoms with Crippen LogP contribution in [0.5, 0.6) is 0 Å². The summed E-state index contributed by atoms with van der Waals surface area (Å²) in [6.45, 7) is 4.84. The molecule has 2 N–H and O–H groups in total. The Kier molecular flexibility index (Phi) is 3.21. The summed E-state index contributed by atoms with van der Waals surface area (Å²) in [6, 6.07) is 0.277. The molecule has 0 aromatic carbocycles. The smallest absolute Gasteiger partial charge is 0.317 e. The highest BCUT2D eigenvalue weighted by Gasteiger charge is 2.21. The second-order valence-corrected chi connectivity index (χ2v) is 3.75. The topological polar surface area (TPSA) is 53.6 Å². The van der Waals surface area contributed by atoms with Crippen molar-refractivity contribution in [2.75, 3.05) is 39.4 Å². The molecule has 2 fully saturated rings. The number of urea groups is 1. The molecule has 0 bridgehead atoms. The van der Waals surface area contributed by atoms with Crippen LogP contribution in [0.15, 0.2) is 0 Å². The number of carbonyl (C=O) groups is 1. The van der Waals surface area contributed by atoms with Gasteiger partial charge in [-0.3, -0.25) is 0 Å². The Balaban J connectivity index is 1.75. The lowest BCUT2D eigenvalue weighted by Crippen LogP contribution is -2.52. The number of piperazine rings is 1. The van der Waals surface area contributed by atoms with Crippen LogP contribution in [0.25, 0.3) is 0 Å². The highest BCUT2D eigenvalue weighted by molar-refractivity contribution is 5.74. The fourth-order valence-corrected chi connectivity index (χ4v) is 1.78. The zero-order valence-electron chi connectivity index (χ0n) is 8.29. The van der Waals surface area contributed by atoms with E-state index in [4.69, 9.17) is 4.74 Å². The molecular formula is C9H17N3O2. The first-order chi connectivity index (χ1) is 6.86. The molecule has 2 saturated heterocycles. The summed E-state index contributed by atoms with van der Waals surface area (Å²) in [5.41, 5.74) is 0. The lowest BCUT2D eigenvalue weighted by Gasteiger charge is -2.28. The summed E-state index contributed by atoms with van der Waals surface area (Å²) in [4.78, 5) is 13.5. The fraction of sp³-hybridized carbons (Fsp3) is 0.889. The monoisotopic (exact) mass is 199 g/mol. The van der Waals surface area contributed by atoms with Crippen LogP contribution < -0.4 is 10.6 Å². The van der Waals surface area contributed by atoms with E-state index in [2.05, 4.69) is 10.6 Å². The van der Waals surface area contributed by atoms with Gasteiger partial charge in [-0.25, -0.2) is 4.79 Å². The van der Waals surface area contributed by atoms with Crippen molar-refractivity contribution in [1.82, 2.24) is 15.5 Å². The van der Waals surface area contributed by atoms with Crippen LogP contribution in [0.3, 0.4) is 0 Å². The Morgan fingerprint density at radius 1 is 1.43 bits per heavy atom. The Hall–Kier alpha value is -0.810. The van der Waals surface area contributed by atoms with E-state index in [9.17, 15) is 4.79 Å². The van der Waals surface area contributed by atoms with Crippen molar-refractivity contribution in [2.24, 2.45) is 0 Å². The minimum Gasteiger partial charge on any atom is -0.379 e. The quantitative estimate of drug-likeness (QED) is 0.592. The van der Waals surface area contributed by atoms with Crippen molar-refractivity contribution in [3.05, 3.63) is 0 Å². The lowest BCUT2D eigenvalue weighted by molar-refractivity contribution is 0.174. The normalized spacial score (nSPS) is 27.7. The average Bonchev–Trinajstić information content (AvgIpc) is 2.72. The molecule has 0 saturated carbocycles. The van der Waals surface area contributed by atoms with Crippen molar-refractivity contribution < 1.29 is 9.53 Å². The Bertz CT molecular complexity index is 198. The molecule has 5 nitrogen and oxygen atoms in total. The number of carbonyl (C=O) groups excluding carboxylic acids is 1. The predicted molar refractivity (Wildman–Crippen MR) is 52.2 cm³/mol. The van der Waals surface area contributed by atoms with Crippen molar-refractivity contribution in [1.29, 1.82) is 0 Å². The van der Waals surface area contributed by atoms with E-state index in [1.165, 1.54) is 0 Å². The van der Waals surface area contributed by atoms with Crippen molar-refractivity contribution >= 4 is 6.03 Å². The van der Waals surface area contributed by atoms with Crippen LogP contribution in [0, 0.1) is 0 Å². The van der Waals surface area contributed by atoms with Gasteiger partial charge in [0, 0.05) is 32.8 Å². The molecule has 2 heterocycles. The summed E-state index contributed by atoms with van der Waals surface area (Å²) in [5, 5.41) is 6.20. The second kappa shape index (κ2) is 4.61. The molecule has 0 radical (unpaired) electrons. The Morgan fingerprint density at radius 2 is 2.21 bits per heavy atom. The van der Waals surface area contributed by atoms with E-state index in [0.717, 1.165) is 39.2 Å². The van der Waals surface area contributed by atoms with Gasteiger partial charge in [0.25, 0.3) is 0 Å². The molecule has 2 aliphatic rings. The molecule has 1 unspecified atom stereocenters. The molecule has 0 spiro atoms. The van der Waals surface area contributed by atoms with Gasteiger partial charge >= 0.3 is 6.03 Å². The van der Waals surface area contributed by atoms with E-state index >= 15 is 0 Å². The summed E-state index contributed by atoms with van der Waals surface area (Å²) in [6.07, 6.45) is 0.942. The van der Waals surface area contributed by atoms with Gasteiger partial charge in [0.15, 0.2) is 0 Å². The zero-order chi connectivity index (χ0) is 9.80. The lowest BCUT2D eigenvalue weighted by atomic mass is 10.3. The van der Waals surface area contributed by atoms with Crippen LogP contribution in [-0.4, -0.2) is 56.4 Å². The van der Waals surface area contributed by atoms with Gasteiger partial charge in [-0.2, -0.15) is 0 Å². The van der Waals surface area contributed by atoms with E-state index in [1.54, 1.807) is 0 Å². The van der Waals surface area contributed by atoms with Gasteiger partial charge in [0.2, 0.25) is 0 Å². The first kappa shape index (κ1) is 9.73. The molecule has 80 valence electrons. The standard InChI is InChI=1S/C9H17N3O2/c13-9(11-8-1-6-14-7-8)12-4-2-10-3-5-12/h8,10H,1-7H2,(H,11,13). The van der Waals surface area contributed by atoms with Crippen molar-refractivity contribution in [2.45, 2.75) is 12.5 Å². The number of rotatable bonds is 1. The van der Waals surface area contributed by atoms with Crippen molar-refractivity contribution in [3.63, 3.8) is 0 Å². The van der Waals surface area contributed by atoms with Crippen LogP contribution in [0.1, 0.15) is 6.42 Å². The van der Waals surface area contributed by atoms with E-state index in [-0.39, 0.29) is 12.1 Å².